The SMILES string of the molecule is CCOC(C)=NOCC(O)CN. The molecule has 5 nitrogen and oxygen atoms in total. The van der Waals surface area contributed by atoms with Crippen molar-refractivity contribution in [2.24, 2.45) is 10.9 Å². The standard InChI is InChI=1S/C7H16N2O3/c1-3-11-6(2)9-12-5-7(10)4-8/h7,10H,3-5,8H2,1-2H3. The Morgan fingerprint density at radius 3 is 2.83 bits per heavy atom. The van der Waals surface area contributed by atoms with E-state index in [4.69, 9.17) is 20.4 Å². The number of aliphatic hydroxyl groups is 1. The summed E-state index contributed by atoms with van der Waals surface area (Å²) in [5.41, 5.74) is 5.14. The van der Waals surface area contributed by atoms with Crippen LogP contribution in [0, 0.1) is 0 Å². The van der Waals surface area contributed by atoms with Crippen molar-refractivity contribution in [1.29, 1.82) is 0 Å². The summed E-state index contributed by atoms with van der Waals surface area (Å²) in [5, 5.41) is 12.5. The minimum absolute atomic E-state index is 0.0981. The van der Waals surface area contributed by atoms with Gasteiger partial charge in [-0.15, -0.1) is 0 Å². The molecule has 12 heavy (non-hydrogen) atoms. The molecule has 0 fully saturated rings. The van der Waals surface area contributed by atoms with Crippen LogP contribution in [-0.2, 0) is 9.57 Å². The highest BCUT2D eigenvalue weighted by atomic mass is 16.7. The fourth-order valence-corrected chi connectivity index (χ4v) is 0.517. The van der Waals surface area contributed by atoms with E-state index in [1.807, 2.05) is 6.92 Å². The predicted molar refractivity (Wildman–Crippen MR) is 45.7 cm³/mol. The van der Waals surface area contributed by atoms with Gasteiger partial charge < -0.3 is 20.4 Å². The first kappa shape index (κ1) is 11.2. The molecule has 0 bridgehead atoms. The zero-order chi connectivity index (χ0) is 9.40. The number of ether oxygens (including phenoxy) is 1. The smallest absolute Gasteiger partial charge is 0.222 e. The molecule has 0 aromatic heterocycles. The second-order valence-electron chi connectivity index (χ2n) is 2.23. The molecule has 0 aliphatic heterocycles. The average Bonchev–Trinajstić information content (AvgIpc) is 2.04. The van der Waals surface area contributed by atoms with Crippen LogP contribution < -0.4 is 5.73 Å². The molecule has 0 heterocycles. The second-order valence-corrected chi connectivity index (χ2v) is 2.23. The van der Waals surface area contributed by atoms with E-state index in [2.05, 4.69) is 5.16 Å². The van der Waals surface area contributed by atoms with Crippen LogP contribution in [-0.4, -0.2) is 36.9 Å². The molecule has 72 valence electrons. The highest BCUT2D eigenvalue weighted by molar-refractivity contribution is 5.72. The topological polar surface area (TPSA) is 77.1 Å². The van der Waals surface area contributed by atoms with Crippen LogP contribution in [0.4, 0.5) is 0 Å². The Morgan fingerprint density at radius 1 is 1.67 bits per heavy atom. The Bertz CT molecular complexity index is 139. The van der Waals surface area contributed by atoms with Crippen LogP contribution in [0.25, 0.3) is 0 Å². The number of hydrogen-bond donors (Lipinski definition) is 2. The molecule has 0 aliphatic carbocycles. The normalized spacial score (nSPS) is 14.2. The van der Waals surface area contributed by atoms with Crippen molar-refractivity contribution in [1.82, 2.24) is 0 Å². The number of aliphatic hydroxyl groups excluding tert-OH is 1. The van der Waals surface area contributed by atoms with Crippen LogP contribution in [0.3, 0.4) is 0 Å². The highest BCUT2D eigenvalue weighted by Gasteiger charge is 1.99. The van der Waals surface area contributed by atoms with Crippen molar-refractivity contribution in [3.8, 4) is 0 Å². The van der Waals surface area contributed by atoms with Crippen LogP contribution >= 0.6 is 0 Å². The Hall–Kier alpha value is -0.810. The molecule has 0 radical (unpaired) electrons. The van der Waals surface area contributed by atoms with E-state index >= 15 is 0 Å². The Balaban J connectivity index is 3.45. The molecule has 1 atom stereocenters. The molecule has 0 rings (SSSR count). The molecular formula is C7H16N2O3. The number of nitrogens with zero attached hydrogens (tertiary/aromatic N) is 1. The summed E-state index contributed by atoms with van der Waals surface area (Å²) in [7, 11) is 0. The minimum atomic E-state index is -0.664. The van der Waals surface area contributed by atoms with E-state index in [-0.39, 0.29) is 13.2 Å². The van der Waals surface area contributed by atoms with E-state index < -0.39 is 6.10 Å². The average molecular weight is 176 g/mol. The molecule has 5 heteroatoms. The van der Waals surface area contributed by atoms with Crippen molar-refractivity contribution in [2.45, 2.75) is 20.0 Å². The van der Waals surface area contributed by atoms with E-state index in [1.54, 1.807) is 6.92 Å². The summed E-state index contributed by atoms with van der Waals surface area (Å²) in [4.78, 5) is 4.73. The number of nitrogens with two attached hydrogens (primary N) is 1. The van der Waals surface area contributed by atoms with Crippen molar-refractivity contribution >= 4 is 5.90 Å². The van der Waals surface area contributed by atoms with E-state index in [9.17, 15) is 0 Å². The van der Waals surface area contributed by atoms with Crippen LogP contribution in [0.15, 0.2) is 5.16 Å². The summed E-state index contributed by atoms with van der Waals surface area (Å²) < 4.78 is 4.97. The van der Waals surface area contributed by atoms with Crippen LogP contribution in [0.1, 0.15) is 13.8 Å². The van der Waals surface area contributed by atoms with Crippen molar-refractivity contribution < 1.29 is 14.7 Å². The second kappa shape index (κ2) is 6.87. The monoisotopic (exact) mass is 176 g/mol. The van der Waals surface area contributed by atoms with Crippen LogP contribution in [0.5, 0.6) is 0 Å². The van der Waals surface area contributed by atoms with Gasteiger partial charge in [0.15, 0.2) is 0 Å². The third-order valence-corrected chi connectivity index (χ3v) is 1.09. The molecule has 0 saturated heterocycles. The lowest BCUT2D eigenvalue weighted by atomic mass is 10.4. The van der Waals surface area contributed by atoms with Gasteiger partial charge in [-0.05, 0) is 6.92 Å². The van der Waals surface area contributed by atoms with Gasteiger partial charge in [0.2, 0.25) is 5.90 Å². The molecule has 0 aliphatic rings. The zero-order valence-corrected chi connectivity index (χ0v) is 7.49. The molecule has 0 aromatic carbocycles. The fourth-order valence-electron chi connectivity index (χ4n) is 0.517. The quantitative estimate of drug-likeness (QED) is 0.342. The molecule has 0 aromatic rings. The zero-order valence-electron chi connectivity index (χ0n) is 7.49. The maximum Gasteiger partial charge on any atom is 0.222 e. The molecule has 0 amide bonds. The van der Waals surface area contributed by atoms with Crippen molar-refractivity contribution in [3.63, 3.8) is 0 Å². The predicted octanol–water partition coefficient (Wildman–Crippen LogP) is -0.307. The third-order valence-electron chi connectivity index (χ3n) is 1.09. The van der Waals surface area contributed by atoms with E-state index in [0.717, 1.165) is 0 Å². The molecule has 3 N–H and O–H groups in total. The summed E-state index contributed by atoms with van der Waals surface area (Å²) in [6, 6.07) is 0. The Kier molecular flexibility index (Phi) is 6.41. The van der Waals surface area contributed by atoms with Crippen LogP contribution in [0.2, 0.25) is 0 Å². The molecule has 0 spiro atoms. The number of hydrogen-bond acceptors (Lipinski definition) is 5. The van der Waals surface area contributed by atoms with Gasteiger partial charge in [-0.2, -0.15) is 0 Å². The van der Waals surface area contributed by atoms with Crippen molar-refractivity contribution in [2.75, 3.05) is 19.8 Å². The van der Waals surface area contributed by atoms with Gasteiger partial charge in [-0.1, -0.05) is 5.16 Å². The maximum atomic E-state index is 8.94. The number of rotatable bonds is 5. The van der Waals surface area contributed by atoms with Gasteiger partial charge in [0, 0.05) is 13.5 Å². The summed E-state index contributed by atoms with van der Waals surface area (Å²) in [6.07, 6.45) is -0.664. The minimum Gasteiger partial charge on any atom is -0.479 e. The summed E-state index contributed by atoms with van der Waals surface area (Å²) >= 11 is 0. The molecular weight excluding hydrogens is 160 g/mol. The molecule has 1 unspecified atom stereocenters. The van der Waals surface area contributed by atoms with Gasteiger partial charge in [-0.3, -0.25) is 0 Å². The van der Waals surface area contributed by atoms with E-state index in [0.29, 0.717) is 12.5 Å². The Morgan fingerprint density at radius 2 is 2.33 bits per heavy atom. The maximum absolute atomic E-state index is 8.94. The lowest BCUT2D eigenvalue weighted by molar-refractivity contribution is 0.0409. The number of oxime groups is 1. The van der Waals surface area contributed by atoms with Gasteiger partial charge >= 0.3 is 0 Å². The first-order chi connectivity index (χ1) is 5.70. The first-order valence-electron chi connectivity index (χ1n) is 3.88. The first-order valence-corrected chi connectivity index (χ1v) is 3.88. The summed E-state index contributed by atoms with van der Waals surface area (Å²) in [6.45, 7) is 4.36. The van der Waals surface area contributed by atoms with Crippen molar-refractivity contribution in [3.05, 3.63) is 0 Å². The third kappa shape index (κ3) is 5.94. The largest absolute Gasteiger partial charge is 0.479 e. The fraction of sp³-hybridized carbons (Fsp3) is 0.857. The van der Waals surface area contributed by atoms with Gasteiger partial charge in [0.05, 0.1) is 6.61 Å². The Labute approximate surface area is 72.1 Å². The lowest BCUT2D eigenvalue weighted by Crippen LogP contribution is -2.24. The van der Waals surface area contributed by atoms with E-state index in [1.165, 1.54) is 0 Å². The lowest BCUT2D eigenvalue weighted by Gasteiger charge is -2.06. The van der Waals surface area contributed by atoms with Gasteiger partial charge in [0.25, 0.3) is 0 Å². The summed E-state index contributed by atoms with van der Waals surface area (Å²) in [5.74, 6) is 0.446. The molecule has 0 saturated carbocycles. The highest BCUT2D eigenvalue weighted by Crippen LogP contribution is 1.86. The van der Waals surface area contributed by atoms with Gasteiger partial charge in [-0.25, -0.2) is 0 Å². The van der Waals surface area contributed by atoms with Gasteiger partial charge in [0.1, 0.15) is 12.7 Å².